The maximum absolute atomic E-state index is 13.5. The largest absolute Gasteiger partial charge is 0.332 e. The number of hydrogen-bond acceptors (Lipinski definition) is 7. The van der Waals surface area contributed by atoms with Crippen molar-refractivity contribution in [2.45, 2.75) is 19.9 Å². The number of aryl methyl sites for hydroxylation is 2. The van der Waals surface area contributed by atoms with Crippen molar-refractivity contribution >= 4 is 67.8 Å². The van der Waals surface area contributed by atoms with Gasteiger partial charge in [0, 0.05) is 20.6 Å². The van der Waals surface area contributed by atoms with Crippen LogP contribution in [0.1, 0.15) is 12.0 Å². The van der Waals surface area contributed by atoms with Gasteiger partial charge in [-0.05, 0) is 45.6 Å². The first-order valence-corrected chi connectivity index (χ1v) is 11.9. The summed E-state index contributed by atoms with van der Waals surface area (Å²) in [5, 5.41) is 1.15. The van der Waals surface area contributed by atoms with Crippen LogP contribution in [0, 0.1) is 6.92 Å². The lowest BCUT2D eigenvalue weighted by molar-refractivity contribution is -0.119. The van der Waals surface area contributed by atoms with Crippen molar-refractivity contribution in [1.29, 1.82) is 0 Å². The second-order valence-electron chi connectivity index (χ2n) is 8.49. The normalized spacial score (nSPS) is 11.4. The molecule has 0 aliphatic heterocycles. The van der Waals surface area contributed by atoms with Crippen molar-refractivity contribution in [3.8, 4) is 0 Å². The highest BCUT2D eigenvalue weighted by atomic mass is 35.5. The van der Waals surface area contributed by atoms with E-state index in [2.05, 4.69) is 9.88 Å². The van der Waals surface area contributed by atoms with Gasteiger partial charge in [-0.15, -0.1) is 12.4 Å². The van der Waals surface area contributed by atoms with Crippen LogP contribution in [0.4, 0.5) is 5.13 Å². The molecule has 1 amide bonds. The van der Waals surface area contributed by atoms with Gasteiger partial charge in [0.25, 0.3) is 5.56 Å². The fourth-order valence-corrected chi connectivity index (χ4v) is 5.19. The van der Waals surface area contributed by atoms with E-state index in [0.29, 0.717) is 16.7 Å². The topological polar surface area (TPSA) is 98.3 Å². The van der Waals surface area contributed by atoms with Gasteiger partial charge in [-0.1, -0.05) is 29.0 Å². The third-order valence-corrected chi connectivity index (χ3v) is 7.27. The molecule has 3 aromatic heterocycles. The molecule has 0 aliphatic carbocycles. The van der Waals surface area contributed by atoms with Crippen molar-refractivity contribution in [1.82, 2.24) is 28.6 Å². The Morgan fingerprint density at radius 1 is 1.14 bits per heavy atom. The van der Waals surface area contributed by atoms with Gasteiger partial charge in [0.1, 0.15) is 6.54 Å². The molecule has 0 aliphatic rings. The number of imidazole rings is 1. The van der Waals surface area contributed by atoms with Crippen molar-refractivity contribution in [2.24, 2.45) is 14.1 Å². The van der Waals surface area contributed by atoms with Gasteiger partial charge in [-0.25, -0.2) is 14.8 Å². The van der Waals surface area contributed by atoms with Gasteiger partial charge in [-0.3, -0.25) is 23.6 Å². The quantitative estimate of drug-likeness (QED) is 0.357. The molecular formula is C22H27Cl2N7O3S. The minimum absolute atomic E-state index is 0. The summed E-state index contributed by atoms with van der Waals surface area (Å²) in [6, 6.07) is 3.74. The van der Waals surface area contributed by atoms with Crippen molar-refractivity contribution < 1.29 is 4.79 Å². The second kappa shape index (κ2) is 10.5. The average Bonchev–Trinajstić information content (AvgIpc) is 3.42. The summed E-state index contributed by atoms with van der Waals surface area (Å²) >= 11 is 7.77. The monoisotopic (exact) mass is 539 g/mol. The van der Waals surface area contributed by atoms with E-state index in [9.17, 15) is 14.4 Å². The van der Waals surface area contributed by atoms with Crippen LogP contribution in [0.3, 0.4) is 0 Å². The zero-order valence-electron chi connectivity index (χ0n) is 20.1. The second-order valence-corrected chi connectivity index (χ2v) is 9.88. The number of fused-ring (bicyclic) bond motifs is 2. The van der Waals surface area contributed by atoms with Crippen LogP contribution in [0.5, 0.6) is 0 Å². The molecule has 0 radical (unpaired) electrons. The Morgan fingerprint density at radius 2 is 1.86 bits per heavy atom. The molecule has 1 aromatic carbocycles. The molecule has 0 spiro atoms. The van der Waals surface area contributed by atoms with Gasteiger partial charge in [-0.2, -0.15) is 0 Å². The first-order valence-electron chi connectivity index (χ1n) is 10.7. The fourth-order valence-electron chi connectivity index (χ4n) is 3.83. The maximum atomic E-state index is 13.5. The Labute approximate surface area is 216 Å². The van der Waals surface area contributed by atoms with Crippen LogP contribution in [0.25, 0.3) is 21.4 Å². The highest BCUT2D eigenvalue weighted by molar-refractivity contribution is 7.23. The molecule has 3 heterocycles. The summed E-state index contributed by atoms with van der Waals surface area (Å²) < 4.78 is 4.63. The molecule has 0 N–H and O–H groups in total. The summed E-state index contributed by atoms with van der Waals surface area (Å²) in [5.74, 6) is -0.234. The van der Waals surface area contributed by atoms with Crippen molar-refractivity contribution in [3.05, 3.63) is 49.9 Å². The number of halogens is 2. The Morgan fingerprint density at radius 3 is 2.51 bits per heavy atom. The van der Waals surface area contributed by atoms with E-state index in [1.54, 1.807) is 11.9 Å². The number of carbonyl (C=O) groups is 1. The van der Waals surface area contributed by atoms with E-state index in [4.69, 9.17) is 16.6 Å². The summed E-state index contributed by atoms with van der Waals surface area (Å²) in [6.45, 7) is 3.09. The van der Waals surface area contributed by atoms with Crippen molar-refractivity contribution in [2.75, 3.05) is 32.1 Å². The Kier molecular flexibility index (Phi) is 8.05. The van der Waals surface area contributed by atoms with E-state index in [1.807, 2.05) is 33.2 Å². The Bertz CT molecular complexity index is 1480. The number of nitrogens with zero attached hydrogens (tertiary/aromatic N) is 7. The molecule has 35 heavy (non-hydrogen) atoms. The molecule has 0 saturated heterocycles. The Balaban J connectivity index is 0.00000342. The molecule has 188 valence electrons. The van der Waals surface area contributed by atoms with Crippen LogP contribution in [-0.2, 0) is 25.4 Å². The molecule has 4 rings (SSSR count). The zero-order valence-corrected chi connectivity index (χ0v) is 22.5. The van der Waals surface area contributed by atoms with Crippen LogP contribution in [-0.4, -0.2) is 61.7 Å². The summed E-state index contributed by atoms with van der Waals surface area (Å²) in [6.07, 6.45) is 2.16. The first kappa shape index (κ1) is 26.9. The van der Waals surface area contributed by atoms with Crippen LogP contribution in [0.2, 0.25) is 5.02 Å². The number of rotatable bonds is 7. The summed E-state index contributed by atoms with van der Waals surface area (Å²) in [4.78, 5) is 51.2. The predicted octanol–water partition coefficient (Wildman–Crippen LogP) is 2.41. The third kappa shape index (κ3) is 4.99. The minimum atomic E-state index is -0.495. The highest BCUT2D eigenvalue weighted by Gasteiger charge is 2.23. The predicted molar refractivity (Wildman–Crippen MR) is 142 cm³/mol. The molecule has 10 nitrogen and oxygen atoms in total. The number of carbonyl (C=O) groups excluding carboxylic acids is 1. The molecule has 0 fully saturated rings. The molecule has 0 atom stereocenters. The highest BCUT2D eigenvalue weighted by Crippen LogP contribution is 2.35. The number of hydrogen-bond donors (Lipinski definition) is 0. The summed E-state index contributed by atoms with van der Waals surface area (Å²) in [7, 11) is 6.91. The Hall–Kier alpha value is -2.73. The van der Waals surface area contributed by atoms with E-state index in [0.717, 1.165) is 33.3 Å². The standard InChI is InChI=1S/C22H26ClN7O3S.ClH/c1-13-7-8-14(23)18-16(13)25-21(34-18)30(10-6-9-26(2)3)15(31)11-29-12-24-19-17(29)20(32)28(5)22(33)27(19)4;/h7-8,12H,6,9-11H2,1-5H3;1H. The lowest BCUT2D eigenvalue weighted by atomic mass is 10.2. The molecule has 0 bridgehead atoms. The zero-order chi connectivity index (χ0) is 24.7. The number of benzene rings is 1. The number of thiazole rings is 1. The van der Waals surface area contributed by atoms with Crippen LogP contribution in [0.15, 0.2) is 28.0 Å². The molecule has 0 saturated carbocycles. The van der Waals surface area contributed by atoms with Gasteiger partial charge in [0.2, 0.25) is 5.91 Å². The summed E-state index contributed by atoms with van der Waals surface area (Å²) in [5.41, 5.74) is 1.23. The van der Waals surface area contributed by atoms with Crippen LogP contribution < -0.4 is 16.1 Å². The molecule has 4 aromatic rings. The van der Waals surface area contributed by atoms with Gasteiger partial charge >= 0.3 is 5.69 Å². The van der Waals surface area contributed by atoms with Crippen LogP contribution >= 0.6 is 35.3 Å². The average molecular weight is 540 g/mol. The lowest BCUT2D eigenvalue weighted by Crippen LogP contribution is -2.39. The SMILES string of the molecule is Cc1ccc(Cl)c2sc(N(CCCN(C)C)C(=O)Cn3cnc4c3c(=O)n(C)c(=O)n4C)nc12.Cl. The lowest BCUT2D eigenvalue weighted by Gasteiger charge is -2.21. The third-order valence-electron chi connectivity index (χ3n) is 5.73. The first-order chi connectivity index (χ1) is 16.1. The van der Waals surface area contributed by atoms with Gasteiger partial charge in [0.15, 0.2) is 16.3 Å². The van der Waals surface area contributed by atoms with Gasteiger partial charge in [0.05, 0.1) is 21.6 Å². The van der Waals surface area contributed by atoms with E-state index >= 15 is 0 Å². The maximum Gasteiger partial charge on any atom is 0.332 e. The number of aromatic nitrogens is 5. The van der Waals surface area contributed by atoms with Crippen molar-refractivity contribution in [3.63, 3.8) is 0 Å². The number of amides is 1. The molecule has 0 unspecified atom stereocenters. The fraction of sp³-hybridized carbons (Fsp3) is 0.409. The smallest absolute Gasteiger partial charge is 0.315 e. The molecular weight excluding hydrogens is 513 g/mol. The van der Waals surface area contributed by atoms with Gasteiger partial charge < -0.3 is 9.47 Å². The molecule has 13 heteroatoms. The van der Waals surface area contributed by atoms with E-state index < -0.39 is 11.2 Å². The van der Waals surface area contributed by atoms with E-state index in [-0.39, 0.29) is 36.0 Å². The number of anilines is 1. The van der Waals surface area contributed by atoms with E-state index in [1.165, 1.54) is 33.8 Å². The minimum Gasteiger partial charge on any atom is -0.315 e.